The summed E-state index contributed by atoms with van der Waals surface area (Å²) in [4.78, 5) is 0. The van der Waals surface area contributed by atoms with Crippen molar-refractivity contribution in [2.45, 2.75) is 39.8 Å². The third-order valence-corrected chi connectivity index (χ3v) is 5.51. The molecule has 0 fully saturated rings. The molecule has 2 rings (SSSR count). The van der Waals surface area contributed by atoms with E-state index in [0.29, 0.717) is 5.70 Å². The molecule has 0 bridgehead atoms. The van der Waals surface area contributed by atoms with Crippen molar-refractivity contribution in [3.8, 4) is 0 Å². The van der Waals surface area contributed by atoms with Gasteiger partial charge in [-0.05, 0) is 51.0 Å². The predicted molar refractivity (Wildman–Crippen MR) is 145 cm³/mol. The molecule has 0 spiro atoms. The minimum Gasteiger partial charge on any atom is -0.398 e. The minimum atomic E-state index is -0.295. The fourth-order valence-corrected chi connectivity index (χ4v) is 3.61. The monoisotopic (exact) mass is 454 g/mol. The molecule has 0 aromatic heterocycles. The highest BCUT2D eigenvalue weighted by Gasteiger charge is 2.35. The van der Waals surface area contributed by atoms with Crippen LogP contribution in [0, 0.1) is 0 Å². The second-order valence-electron chi connectivity index (χ2n) is 8.01. The lowest BCUT2D eigenvalue weighted by Gasteiger charge is -2.25. The van der Waals surface area contributed by atoms with E-state index in [1.54, 1.807) is 12.2 Å². The van der Waals surface area contributed by atoms with Gasteiger partial charge in [0.15, 0.2) is 6.04 Å². The summed E-state index contributed by atoms with van der Waals surface area (Å²) < 4.78 is 2.11. The molecule has 0 radical (unpaired) electrons. The average molecular weight is 455 g/mol. The smallest absolute Gasteiger partial charge is 0.215 e. The van der Waals surface area contributed by atoms with Gasteiger partial charge in [0.25, 0.3) is 0 Å². The van der Waals surface area contributed by atoms with Gasteiger partial charge in [0.1, 0.15) is 0 Å². The van der Waals surface area contributed by atoms with Crippen molar-refractivity contribution < 1.29 is 4.58 Å². The molecule has 0 aromatic carbocycles. The number of rotatable bonds is 8. The Labute approximate surface area is 204 Å². The first-order valence-corrected chi connectivity index (χ1v) is 11.3. The molecule has 176 valence electrons. The molecule has 0 amide bonds. The number of nitrogens with two attached hydrogens (primary N) is 2. The Kier molecular flexibility index (Phi) is 9.65. The number of allylic oxidation sites excluding steroid dienone is 13. The molecule has 0 aromatic rings. The van der Waals surface area contributed by atoms with Crippen molar-refractivity contribution in [2.75, 3.05) is 0 Å². The van der Waals surface area contributed by atoms with E-state index in [9.17, 15) is 0 Å². The summed E-state index contributed by atoms with van der Waals surface area (Å²) in [6.45, 7) is 19.9. The van der Waals surface area contributed by atoms with Gasteiger partial charge in [-0.1, -0.05) is 56.2 Å². The maximum Gasteiger partial charge on any atom is 0.215 e. The summed E-state index contributed by atoms with van der Waals surface area (Å²) >= 11 is 0. The van der Waals surface area contributed by atoms with Crippen LogP contribution in [-0.4, -0.2) is 22.4 Å². The standard InChI is InChI=1S/C29H35N5/c1-8-12-14-23(10-3)32-33-27-19-29(26(31)17-21(27)6)34(24(11-4)15-13-9-2)28-18-25(30)20(5)16-22(28)7/h8-19,26,29-30H,1,4,7,31H2,2-3,5-6H3/p+1/b13-9-,14-12-,23-10+,24-15+,33-32?. The average Bonchev–Trinajstić information content (AvgIpc) is 2.81. The summed E-state index contributed by atoms with van der Waals surface area (Å²) in [6, 6.07) is -0.552. The number of hydrogen-bond donors (Lipinski definition) is 2. The van der Waals surface area contributed by atoms with Crippen LogP contribution in [0.3, 0.4) is 0 Å². The van der Waals surface area contributed by atoms with Gasteiger partial charge in [0, 0.05) is 35.6 Å². The van der Waals surface area contributed by atoms with Crippen molar-refractivity contribution in [3.63, 3.8) is 0 Å². The van der Waals surface area contributed by atoms with E-state index >= 15 is 0 Å². The number of azo groups is 1. The molecular weight excluding hydrogens is 418 g/mol. The van der Waals surface area contributed by atoms with Gasteiger partial charge in [-0.2, -0.15) is 14.8 Å². The Morgan fingerprint density at radius 1 is 1.09 bits per heavy atom. The molecule has 5 heteroatoms. The van der Waals surface area contributed by atoms with Crippen LogP contribution in [0.2, 0.25) is 0 Å². The molecule has 2 unspecified atom stereocenters. The van der Waals surface area contributed by atoms with E-state index in [1.165, 1.54) is 0 Å². The first-order valence-electron chi connectivity index (χ1n) is 11.3. The third-order valence-electron chi connectivity index (χ3n) is 5.51. The number of nitrogens with zero attached hydrogens (tertiary/aromatic N) is 3. The molecule has 0 saturated heterocycles. The van der Waals surface area contributed by atoms with Crippen molar-refractivity contribution >= 4 is 5.71 Å². The summed E-state index contributed by atoms with van der Waals surface area (Å²) in [6.07, 6.45) is 23.0. The van der Waals surface area contributed by atoms with Gasteiger partial charge in [0.2, 0.25) is 11.4 Å². The van der Waals surface area contributed by atoms with Gasteiger partial charge < -0.3 is 11.5 Å². The maximum absolute atomic E-state index is 6.66. The van der Waals surface area contributed by atoms with E-state index in [1.807, 2.05) is 88.5 Å². The lowest BCUT2D eigenvalue weighted by atomic mass is 9.93. The molecule has 2 aliphatic rings. The normalized spacial score (nSPS) is 23.7. The maximum atomic E-state index is 6.66. The van der Waals surface area contributed by atoms with Crippen LogP contribution in [0.5, 0.6) is 0 Å². The second kappa shape index (κ2) is 12.4. The fraction of sp³-hybridized carbons (Fsp3) is 0.207. The summed E-state index contributed by atoms with van der Waals surface area (Å²) in [5.74, 6) is 0. The summed E-state index contributed by atoms with van der Waals surface area (Å²) in [7, 11) is 0. The highest BCUT2D eigenvalue weighted by atomic mass is 15.1. The molecule has 0 saturated carbocycles. The van der Waals surface area contributed by atoms with Crippen LogP contribution < -0.4 is 11.5 Å². The molecule has 2 atom stereocenters. The first-order chi connectivity index (χ1) is 16.3. The van der Waals surface area contributed by atoms with E-state index < -0.39 is 0 Å². The molecule has 4 N–H and O–H groups in total. The number of hydrogen-bond acceptors (Lipinski definition) is 4. The lowest BCUT2D eigenvalue weighted by molar-refractivity contribution is -0.501. The Morgan fingerprint density at radius 2 is 1.82 bits per heavy atom. The molecule has 2 aliphatic carbocycles. The molecular formula is C29H36N5+. The predicted octanol–water partition coefficient (Wildman–Crippen LogP) is 6.08. The Morgan fingerprint density at radius 3 is 2.44 bits per heavy atom. The van der Waals surface area contributed by atoms with Crippen LogP contribution in [0.1, 0.15) is 27.7 Å². The Hall–Kier alpha value is -3.83. The SMILES string of the molecule is C=C/C=C\C(=C/C)N=NC1=CC([N+](=C2C=C(N)C(C)=CC2=C)/C(C=C)=C/C=C\C)C(N)C=C1C. The summed E-state index contributed by atoms with van der Waals surface area (Å²) in [5.41, 5.74) is 19.7. The fourth-order valence-electron chi connectivity index (χ4n) is 3.61. The van der Waals surface area contributed by atoms with Crippen molar-refractivity contribution in [1.82, 2.24) is 0 Å². The summed E-state index contributed by atoms with van der Waals surface area (Å²) in [5, 5.41) is 8.94. The van der Waals surface area contributed by atoms with Crippen molar-refractivity contribution in [3.05, 3.63) is 132 Å². The van der Waals surface area contributed by atoms with Gasteiger partial charge in [0.05, 0.1) is 17.4 Å². The van der Waals surface area contributed by atoms with E-state index in [2.05, 4.69) is 34.5 Å². The van der Waals surface area contributed by atoms with Crippen LogP contribution in [0.4, 0.5) is 0 Å². The van der Waals surface area contributed by atoms with Crippen LogP contribution in [0.25, 0.3) is 0 Å². The van der Waals surface area contributed by atoms with Crippen LogP contribution in [-0.2, 0) is 0 Å². The quantitative estimate of drug-likeness (QED) is 0.265. The highest BCUT2D eigenvalue weighted by molar-refractivity contribution is 6.09. The molecule has 0 heterocycles. The zero-order valence-corrected chi connectivity index (χ0v) is 20.7. The lowest BCUT2D eigenvalue weighted by Crippen LogP contribution is -2.44. The Balaban J connectivity index is 2.72. The molecule has 5 nitrogen and oxygen atoms in total. The molecule has 0 aliphatic heterocycles. The second-order valence-corrected chi connectivity index (χ2v) is 8.01. The molecule has 34 heavy (non-hydrogen) atoms. The van der Waals surface area contributed by atoms with Crippen molar-refractivity contribution in [1.29, 1.82) is 0 Å². The van der Waals surface area contributed by atoms with E-state index in [-0.39, 0.29) is 12.1 Å². The van der Waals surface area contributed by atoms with E-state index in [0.717, 1.165) is 39.5 Å². The van der Waals surface area contributed by atoms with Gasteiger partial charge in [-0.25, -0.2) is 0 Å². The highest BCUT2D eigenvalue weighted by Crippen LogP contribution is 2.26. The topological polar surface area (TPSA) is 79.8 Å². The van der Waals surface area contributed by atoms with Crippen LogP contribution in [0.15, 0.2) is 142 Å². The van der Waals surface area contributed by atoms with Crippen LogP contribution >= 0.6 is 0 Å². The first kappa shape index (κ1) is 26.4. The zero-order valence-electron chi connectivity index (χ0n) is 20.7. The Bertz CT molecular complexity index is 1160. The van der Waals surface area contributed by atoms with E-state index in [4.69, 9.17) is 11.5 Å². The zero-order chi connectivity index (χ0) is 25.3. The minimum absolute atomic E-state index is 0.257. The van der Waals surface area contributed by atoms with Gasteiger partial charge >= 0.3 is 0 Å². The third kappa shape index (κ3) is 6.36. The van der Waals surface area contributed by atoms with Crippen molar-refractivity contribution in [2.24, 2.45) is 21.7 Å². The van der Waals surface area contributed by atoms with Gasteiger partial charge in [-0.3, -0.25) is 0 Å². The van der Waals surface area contributed by atoms with Gasteiger partial charge in [-0.15, -0.1) is 0 Å². The largest absolute Gasteiger partial charge is 0.398 e.